The van der Waals surface area contributed by atoms with E-state index in [1.807, 2.05) is 25.6 Å². The number of hydrogen-bond acceptors (Lipinski definition) is 1. The maximum Gasteiger partial charge on any atom is 0.0596 e. The maximum absolute atomic E-state index is 4.13. The molecule has 0 aliphatic rings. The van der Waals surface area contributed by atoms with Crippen LogP contribution >= 0.6 is 0 Å². The molecule has 0 aromatic carbocycles. The summed E-state index contributed by atoms with van der Waals surface area (Å²) < 4.78 is 3.99. The van der Waals surface area contributed by atoms with Gasteiger partial charge in [-0.05, 0) is 45.4 Å². The molecule has 88 valence electrons. The van der Waals surface area contributed by atoms with Crippen molar-refractivity contribution in [3.63, 3.8) is 0 Å². The van der Waals surface area contributed by atoms with Crippen LogP contribution in [0.1, 0.15) is 22.6 Å². The molecule has 0 aliphatic carbocycles. The highest BCUT2D eigenvalue weighted by Crippen LogP contribution is 2.04. The third kappa shape index (κ3) is 2.99. The molecule has 3 heteroatoms. The van der Waals surface area contributed by atoms with E-state index >= 15 is 0 Å². The topological polar surface area (TPSA) is 22.8 Å². The predicted molar refractivity (Wildman–Crippen MR) is 67.6 cm³/mol. The van der Waals surface area contributed by atoms with Gasteiger partial charge in [0.15, 0.2) is 0 Å². The molecule has 0 fully saturated rings. The second-order valence-corrected chi connectivity index (χ2v) is 4.25. The van der Waals surface area contributed by atoms with Crippen molar-refractivity contribution in [1.29, 1.82) is 0 Å². The van der Waals surface area contributed by atoms with E-state index in [0.29, 0.717) is 0 Å². The fourth-order valence-electron chi connectivity index (χ4n) is 1.47. The summed E-state index contributed by atoms with van der Waals surface area (Å²) in [5, 5.41) is 4.13. The SMILES string of the molecule is Cc1cc(C)n(C)n1.Cc1ccn(C)c1C. The number of aromatic nitrogens is 3. The van der Waals surface area contributed by atoms with Gasteiger partial charge in [-0.2, -0.15) is 5.10 Å². The molecule has 0 N–H and O–H groups in total. The molecule has 0 bridgehead atoms. The van der Waals surface area contributed by atoms with Crippen LogP contribution < -0.4 is 0 Å². The lowest BCUT2D eigenvalue weighted by Gasteiger charge is -1.93. The maximum atomic E-state index is 4.13. The summed E-state index contributed by atoms with van der Waals surface area (Å²) >= 11 is 0. The molecule has 0 saturated heterocycles. The van der Waals surface area contributed by atoms with E-state index in [2.05, 4.69) is 48.9 Å². The number of rotatable bonds is 0. The average Bonchev–Trinajstić information content (AvgIpc) is 2.65. The molecule has 0 unspecified atom stereocenters. The monoisotopic (exact) mass is 219 g/mol. The molecule has 2 heterocycles. The van der Waals surface area contributed by atoms with E-state index in [-0.39, 0.29) is 0 Å². The van der Waals surface area contributed by atoms with Crippen molar-refractivity contribution >= 4 is 0 Å². The van der Waals surface area contributed by atoms with Gasteiger partial charge in [-0.1, -0.05) is 0 Å². The van der Waals surface area contributed by atoms with Crippen LogP contribution in [0.15, 0.2) is 18.3 Å². The largest absolute Gasteiger partial charge is 0.354 e. The van der Waals surface area contributed by atoms with Crippen LogP contribution in [0.3, 0.4) is 0 Å². The third-order valence-electron chi connectivity index (χ3n) is 2.88. The Morgan fingerprint density at radius 3 is 1.81 bits per heavy atom. The highest BCUT2D eigenvalue weighted by atomic mass is 15.3. The molecule has 0 radical (unpaired) electrons. The van der Waals surface area contributed by atoms with Gasteiger partial charge in [0.2, 0.25) is 0 Å². The zero-order valence-corrected chi connectivity index (χ0v) is 11.1. The fraction of sp³-hybridized carbons (Fsp3) is 0.462. The smallest absolute Gasteiger partial charge is 0.0596 e. The Bertz CT molecular complexity index is 424. The van der Waals surface area contributed by atoms with Crippen molar-refractivity contribution in [1.82, 2.24) is 14.3 Å². The Morgan fingerprint density at radius 2 is 1.69 bits per heavy atom. The molecular weight excluding hydrogens is 198 g/mol. The van der Waals surface area contributed by atoms with Gasteiger partial charge < -0.3 is 4.57 Å². The van der Waals surface area contributed by atoms with E-state index in [1.165, 1.54) is 17.0 Å². The Balaban J connectivity index is 0.000000160. The molecule has 0 spiro atoms. The fourth-order valence-corrected chi connectivity index (χ4v) is 1.47. The summed E-state index contributed by atoms with van der Waals surface area (Å²) in [6.45, 7) is 8.28. The van der Waals surface area contributed by atoms with Gasteiger partial charge in [-0.15, -0.1) is 0 Å². The third-order valence-corrected chi connectivity index (χ3v) is 2.88. The van der Waals surface area contributed by atoms with Crippen molar-refractivity contribution in [3.05, 3.63) is 41.0 Å². The summed E-state index contributed by atoms with van der Waals surface area (Å²) in [7, 11) is 4.00. The van der Waals surface area contributed by atoms with Crippen LogP contribution in [-0.2, 0) is 14.1 Å². The zero-order chi connectivity index (χ0) is 12.3. The first-order valence-electron chi connectivity index (χ1n) is 5.47. The number of nitrogens with zero attached hydrogens (tertiary/aromatic N) is 3. The molecule has 0 aliphatic heterocycles. The van der Waals surface area contributed by atoms with Crippen LogP contribution in [0, 0.1) is 27.7 Å². The minimum atomic E-state index is 1.09. The zero-order valence-electron chi connectivity index (χ0n) is 11.1. The van der Waals surface area contributed by atoms with Crippen molar-refractivity contribution < 1.29 is 0 Å². The van der Waals surface area contributed by atoms with Gasteiger partial charge >= 0.3 is 0 Å². The standard InChI is InChI=1S/C7H11N.C6H10N2/c1-6-4-5-8(3)7(6)2;1-5-4-6(2)8(3)7-5/h4-5H,1-3H3;4H,1-3H3. The molecular formula is C13H21N3. The minimum Gasteiger partial charge on any atom is -0.354 e. The minimum absolute atomic E-state index is 1.09. The lowest BCUT2D eigenvalue weighted by atomic mass is 10.3. The van der Waals surface area contributed by atoms with Gasteiger partial charge in [0.25, 0.3) is 0 Å². The molecule has 2 rings (SSSR count). The van der Waals surface area contributed by atoms with E-state index in [4.69, 9.17) is 0 Å². The molecule has 16 heavy (non-hydrogen) atoms. The highest BCUT2D eigenvalue weighted by molar-refractivity contribution is 5.17. The van der Waals surface area contributed by atoms with Gasteiger partial charge in [0.05, 0.1) is 5.69 Å². The molecule has 0 saturated carbocycles. The first kappa shape index (κ1) is 12.6. The Labute approximate surface area is 97.7 Å². The molecule has 2 aromatic rings. The lowest BCUT2D eigenvalue weighted by molar-refractivity contribution is 0.731. The quantitative estimate of drug-likeness (QED) is 0.668. The molecule has 2 aromatic heterocycles. The second kappa shape index (κ2) is 5.01. The van der Waals surface area contributed by atoms with Crippen molar-refractivity contribution in [2.75, 3.05) is 0 Å². The van der Waals surface area contributed by atoms with Gasteiger partial charge in [-0.25, -0.2) is 0 Å². The lowest BCUT2D eigenvalue weighted by Crippen LogP contribution is -1.91. The van der Waals surface area contributed by atoms with Crippen molar-refractivity contribution in [2.45, 2.75) is 27.7 Å². The number of aryl methyl sites for hydroxylation is 5. The van der Waals surface area contributed by atoms with Gasteiger partial charge in [-0.3, -0.25) is 4.68 Å². The summed E-state index contributed by atoms with van der Waals surface area (Å²) in [4.78, 5) is 0. The first-order chi connectivity index (χ1) is 7.41. The van der Waals surface area contributed by atoms with Gasteiger partial charge in [0, 0.05) is 31.7 Å². The second-order valence-electron chi connectivity index (χ2n) is 4.25. The predicted octanol–water partition coefficient (Wildman–Crippen LogP) is 2.68. The summed E-state index contributed by atoms with van der Waals surface area (Å²) in [6.07, 6.45) is 2.07. The van der Waals surface area contributed by atoms with E-state index < -0.39 is 0 Å². The highest BCUT2D eigenvalue weighted by Gasteiger charge is 1.92. The van der Waals surface area contributed by atoms with Crippen LogP contribution in [-0.4, -0.2) is 14.3 Å². The Hall–Kier alpha value is -1.51. The van der Waals surface area contributed by atoms with Crippen molar-refractivity contribution in [3.8, 4) is 0 Å². The molecule has 3 nitrogen and oxygen atoms in total. The van der Waals surface area contributed by atoms with E-state index in [9.17, 15) is 0 Å². The van der Waals surface area contributed by atoms with Crippen molar-refractivity contribution in [2.24, 2.45) is 14.1 Å². The Kier molecular flexibility index (Phi) is 3.93. The normalized spacial score (nSPS) is 9.88. The summed E-state index contributed by atoms with van der Waals surface area (Å²) in [5.74, 6) is 0. The molecule has 0 atom stereocenters. The van der Waals surface area contributed by atoms with Crippen LogP contribution in [0.5, 0.6) is 0 Å². The van der Waals surface area contributed by atoms with Crippen LogP contribution in [0.25, 0.3) is 0 Å². The van der Waals surface area contributed by atoms with E-state index in [0.717, 1.165) is 5.69 Å². The first-order valence-corrected chi connectivity index (χ1v) is 5.47. The van der Waals surface area contributed by atoms with E-state index in [1.54, 1.807) is 0 Å². The van der Waals surface area contributed by atoms with Crippen LogP contribution in [0.4, 0.5) is 0 Å². The Morgan fingerprint density at radius 1 is 1.06 bits per heavy atom. The summed E-state index contributed by atoms with van der Waals surface area (Å²) in [6, 6.07) is 4.18. The van der Waals surface area contributed by atoms with Crippen LogP contribution in [0.2, 0.25) is 0 Å². The van der Waals surface area contributed by atoms with Gasteiger partial charge in [0.1, 0.15) is 0 Å². The molecule has 0 amide bonds. The average molecular weight is 219 g/mol. The number of hydrogen-bond donors (Lipinski definition) is 0. The summed E-state index contributed by atoms with van der Waals surface area (Å²) in [5.41, 5.74) is 5.02.